The molecule has 0 radical (unpaired) electrons. The van der Waals surface area contributed by atoms with E-state index in [0.717, 1.165) is 17.5 Å². The summed E-state index contributed by atoms with van der Waals surface area (Å²) < 4.78 is 4.79. The van der Waals surface area contributed by atoms with E-state index < -0.39 is 24.5 Å². The van der Waals surface area contributed by atoms with Crippen molar-refractivity contribution in [1.82, 2.24) is 10.6 Å². The van der Waals surface area contributed by atoms with E-state index in [0.29, 0.717) is 12.1 Å². The zero-order chi connectivity index (χ0) is 21.1. The summed E-state index contributed by atoms with van der Waals surface area (Å²) in [6.45, 7) is 1.74. The number of imide groups is 1. The van der Waals surface area contributed by atoms with E-state index in [9.17, 15) is 19.2 Å². The molecule has 2 N–H and O–H groups in total. The van der Waals surface area contributed by atoms with E-state index in [-0.39, 0.29) is 18.6 Å². The Labute approximate surface area is 169 Å². The van der Waals surface area contributed by atoms with Crippen LogP contribution in [0.1, 0.15) is 36.5 Å². The van der Waals surface area contributed by atoms with Crippen LogP contribution in [0.5, 0.6) is 0 Å². The molecule has 0 saturated carbocycles. The van der Waals surface area contributed by atoms with Crippen molar-refractivity contribution < 1.29 is 23.9 Å². The highest BCUT2D eigenvalue weighted by Crippen LogP contribution is 2.19. The average molecular weight is 396 g/mol. The molecule has 152 valence electrons. The Bertz CT molecular complexity index is 847. The Kier molecular flexibility index (Phi) is 8.56. The molecule has 0 aromatic heterocycles. The normalized spacial score (nSPS) is 10.1. The molecule has 0 aliphatic heterocycles. The molecule has 0 saturated heterocycles. The number of urea groups is 1. The highest BCUT2D eigenvalue weighted by molar-refractivity contribution is 5.98. The molecular weight excluding hydrogens is 372 g/mol. The lowest BCUT2D eigenvalue weighted by atomic mass is 10.0. The van der Waals surface area contributed by atoms with Crippen molar-refractivity contribution >= 4 is 23.7 Å². The number of hydrogen-bond donors (Lipinski definition) is 2. The molecule has 7 nitrogen and oxygen atoms in total. The van der Waals surface area contributed by atoms with Gasteiger partial charge in [0.2, 0.25) is 0 Å². The van der Waals surface area contributed by atoms with E-state index in [1.54, 1.807) is 12.1 Å². The Morgan fingerprint density at radius 3 is 2.17 bits per heavy atom. The molecule has 2 aromatic rings. The topological polar surface area (TPSA) is 102 Å². The SMILES string of the molecule is CCCNC(=O)NC(=O)COC(=O)CCC(=O)c1ccc(-c2ccccc2)cc1. The van der Waals surface area contributed by atoms with Gasteiger partial charge < -0.3 is 10.1 Å². The highest BCUT2D eigenvalue weighted by Gasteiger charge is 2.13. The summed E-state index contributed by atoms with van der Waals surface area (Å²) in [6, 6.07) is 16.3. The van der Waals surface area contributed by atoms with E-state index >= 15 is 0 Å². The van der Waals surface area contributed by atoms with E-state index in [1.165, 1.54) is 0 Å². The van der Waals surface area contributed by atoms with Crippen molar-refractivity contribution in [3.8, 4) is 11.1 Å². The van der Waals surface area contributed by atoms with Crippen LogP contribution >= 0.6 is 0 Å². The molecule has 2 aromatic carbocycles. The predicted octanol–water partition coefficient (Wildman–Crippen LogP) is 3.10. The fourth-order valence-corrected chi connectivity index (χ4v) is 2.50. The molecule has 0 aliphatic rings. The first kappa shape index (κ1) is 21.8. The number of carbonyl (C=O) groups excluding carboxylic acids is 4. The van der Waals surface area contributed by atoms with Crippen molar-refractivity contribution in [2.45, 2.75) is 26.2 Å². The lowest BCUT2D eigenvalue weighted by molar-refractivity contribution is -0.148. The molecule has 7 heteroatoms. The van der Waals surface area contributed by atoms with Crippen LogP contribution in [0.2, 0.25) is 0 Å². The summed E-state index contributed by atoms with van der Waals surface area (Å²) in [6.07, 6.45) is 0.566. The number of benzene rings is 2. The number of hydrogen-bond acceptors (Lipinski definition) is 5. The zero-order valence-electron chi connectivity index (χ0n) is 16.3. The number of ether oxygens (including phenoxy) is 1. The number of carbonyl (C=O) groups is 4. The summed E-state index contributed by atoms with van der Waals surface area (Å²) in [5, 5.41) is 4.51. The fourth-order valence-electron chi connectivity index (χ4n) is 2.50. The van der Waals surface area contributed by atoms with Crippen molar-refractivity contribution in [3.63, 3.8) is 0 Å². The maximum absolute atomic E-state index is 12.2. The first-order valence-corrected chi connectivity index (χ1v) is 9.41. The Balaban J connectivity index is 1.73. The van der Waals surface area contributed by atoms with Crippen molar-refractivity contribution in [2.75, 3.05) is 13.2 Å². The molecule has 29 heavy (non-hydrogen) atoms. The largest absolute Gasteiger partial charge is 0.456 e. The predicted molar refractivity (Wildman–Crippen MR) is 108 cm³/mol. The van der Waals surface area contributed by atoms with Crippen LogP contribution in [0, 0.1) is 0 Å². The van der Waals surface area contributed by atoms with Gasteiger partial charge in [0.15, 0.2) is 12.4 Å². The Hall–Kier alpha value is -3.48. The van der Waals surface area contributed by atoms with Crippen LogP contribution in [0.3, 0.4) is 0 Å². The summed E-state index contributed by atoms with van der Waals surface area (Å²) in [4.78, 5) is 46.8. The van der Waals surface area contributed by atoms with Gasteiger partial charge in [-0.25, -0.2) is 4.79 Å². The van der Waals surface area contributed by atoms with E-state index in [1.807, 2.05) is 54.7 Å². The number of Topliss-reactive ketones (excluding diaryl/α,β-unsaturated/α-hetero) is 1. The van der Waals surface area contributed by atoms with Gasteiger partial charge in [-0.3, -0.25) is 19.7 Å². The molecule has 0 bridgehead atoms. The Morgan fingerprint density at radius 2 is 1.52 bits per heavy atom. The Morgan fingerprint density at radius 1 is 0.862 bits per heavy atom. The van der Waals surface area contributed by atoms with E-state index in [4.69, 9.17) is 4.74 Å². The third kappa shape index (κ3) is 7.57. The molecule has 0 unspecified atom stereocenters. The number of rotatable bonds is 9. The van der Waals surface area contributed by atoms with Crippen LogP contribution in [0.15, 0.2) is 54.6 Å². The van der Waals surface area contributed by atoms with Gasteiger partial charge in [-0.1, -0.05) is 61.5 Å². The molecule has 0 spiro atoms. The first-order valence-electron chi connectivity index (χ1n) is 9.41. The van der Waals surface area contributed by atoms with Gasteiger partial charge in [0.1, 0.15) is 0 Å². The zero-order valence-corrected chi connectivity index (χ0v) is 16.3. The summed E-state index contributed by atoms with van der Waals surface area (Å²) >= 11 is 0. The molecule has 0 aliphatic carbocycles. The third-order valence-corrected chi connectivity index (χ3v) is 4.02. The standard InChI is InChI=1S/C22H24N2O5/c1-2-14-23-22(28)24-20(26)15-29-21(27)13-12-19(25)18-10-8-17(9-11-18)16-6-4-3-5-7-16/h3-11H,2,12-15H2,1H3,(H2,23,24,26,28). The van der Waals surface area contributed by atoms with Gasteiger partial charge >= 0.3 is 12.0 Å². The number of ketones is 1. The quantitative estimate of drug-likeness (QED) is 0.501. The molecular formula is C22H24N2O5. The molecule has 2 rings (SSSR count). The van der Waals surface area contributed by atoms with Crippen molar-refractivity contribution in [1.29, 1.82) is 0 Å². The van der Waals surface area contributed by atoms with Crippen LogP contribution in [-0.2, 0) is 14.3 Å². The van der Waals surface area contributed by atoms with Gasteiger partial charge in [-0.15, -0.1) is 0 Å². The van der Waals surface area contributed by atoms with Gasteiger partial charge in [0.05, 0.1) is 6.42 Å². The highest BCUT2D eigenvalue weighted by atomic mass is 16.5. The second-order valence-corrected chi connectivity index (χ2v) is 6.33. The van der Waals surface area contributed by atoms with Gasteiger partial charge in [0.25, 0.3) is 5.91 Å². The number of nitrogens with one attached hydrogen (secondary N) is 2. The van der Waals surface area contributed by atoms with Gasteiger partial charge in [-0.05, 0) is 17.5 Å². The van der Waals surface area contributed by atoms with Crippen LogP contribution in [0.25, 0.3) is 11.1 Å². The molecule has 0 atom stereocenters. The monoisotopic (exact) mass is 396 g/mol. The smallest absolute Gasteiger partial charge is 0.321 e. The third-order valence-electron chi connectivity index (χ3n) is 4.02. The van der Waals surface area contributed by atoms with E-state index in [2.05, 4.69) is 5.32 Å². The maximum Gasteiger partial charge on any atom is 0.321 e. The molecule has 0 fully saturated rings. The lowest BCUT2D eigenvalue weighted by Crippen LogP contribution is -2.41. The van der Waals surface area contributed by atoms with Gasteiger partial charge in [0, 0.05) is 18.5 Å². The van der Waals surface area contributed by atoms with Crippen LogP contribution in [-0.4, -0.2) is 36.8 Å². The molecule has 3 amide bonds. The molecule has 0 heterocycles. The minimum absolute atomic E-state index is 0.0257. The summed E-state index contributed by atoms with van der Waals surface area (Å²) in [5.74, 6) is -1.59. The van der Waals surface area contributed by atoms with Crippen LogP contribution in [0.4, 0.5) is 4.79 Å². The summed E-state index contributed by atoms with van der Waals surface area (Å²) in [5.41, 5.74) is 2.55. The van der Waals surface area contributed by atoms with Gasteiger partial charge in [-0.2, -0.15) is 0 Å². The number of esters is 1. The summed E-state index contributed by atoms with van der Waals surface area (Å²) in [7, 11) is 0. The first-order chi connectivity index (χ1) is 14.0. The average Bonchev–Trinajstić information content (AvgIpc) is 2.75. The number of amides is 3. The minimum Gasteiger partial charge on any atom is -0.456 e. The second-order valence-electron chi connectivity index (χ2n) is 6.33. The lowest BCUT2D eigenvalue weighted by Gasteiger charge is -2.07. The van der Waals surface area contributed by atoms with Crippen LogP contribution < -0.4 is 10.6 Å². The minimum atomic E-state index is -0.727. The fraction of sp³-hybridized carbons (Fsp3) is 0.273. The van der Waals surface area contributed by atoms with Crippen molar-refractivity contribution in [2.24, 2.45) is 0 Å². The maximum atomic E-state index is 12.2. The van der Waals surface area contributed by atoms with Crippen molar-refractivity contribution in [3.05, 3.63) is 60.2 Å². The second kappa shape index (κ2) is 11.4.